The van der Waals surface area contributed by atoms with Gasteiger partial charge in [0.25, 0.3) is 5.91 Å². The second kappa shape index (κ2) is 8.35. The molecule has 0 atom stereocenters. The summed E-state index contributed by atoms with van der Waals surface area (Å²) in [5, 5.41) is 3.07. The first-order chi connectivity index (χ1) is 15.8. The van der Waals surface area contributed by atoms with Gasteiger partial charge in [-0.2, -0.15) is 0 Å². The molecule has 1 amide bonds. The fraction of sp³-hybridized carbons (Fsp3) is 0.440. The summed E-state index contributed by atoms with van der Waals surface area (Å²) < 4.78 is 0. The predicted molar refractivity (Wildman–Crippen MR) is 131 cm³/mol. The summed E-state index contributed by atoms with van der Waals surface area (Å²) in [6.07, 6.45) is 4.60. The molecule has 3 aliphatic rings. The molecule has 0 unspecified atom stereocenters. The van der Waals surface area contributed by atoms with E-state index in [1.807, 2.05) is 18.2 Å². The van der Waals surface area contributed by atoms with Crippen LogP contribution in [0.25, 0.3) is 5.57 Å². The minimum atomic E-state index is -0.245. The summed E-state index contributed by atoms with van der Waals surface area (Å²) in [6.45, 7) is 7.59. The summed E-state index contributed by atoms with van der Waals surface area (Å²) in [7, 11) is 0. The van der Waals surface area contributed by atoms with Crippen molar-refractivity contribution in [1.82, 2.24) is 14.9 Å². The van der Waals surface area contributed by atoms with Gasteiger partial charge in [-0.1, -0.05) is 26.0 Å². The van der Waals surface area contributed by atoms with Crippen LogP contribution in [0.1, 0.15) is 43.5 Å². The Morgan fingerprint density at radius 1 is 1.27 bits per heavy atom. The van der Waals surface area contributed by atoms with Crippen molar-refractivity contribution >= 4 is 28.8 Å². The lowest BCUT2D eigenvalue weighted by Crippen LogP contribution is -2.39. The second-order valence-electron chi connectivity index (χ2n) is 9.95. The number of nitrogens with two attached hydrogens (primary N) is 2. The number of carbonyl (C=O) groups is 1. The molecule has 0 saturated carbocycles. The SMILES string of the molecule is CC1(C)Cc2cnc(N)nc2C2=C1C(C(=O)Nc1cccc(CN3CCC(N)CC3)c1)=NC2. The van der Waals surface area contributed by atoms with Crippen molar-refractivity contribution in [3.8, 4) is 0 Å². The molecule has 172 valence electrons. The Bertz CT molecular complexity index is 1160. The van der Waals surface area contributed by atoms with Crippen molar-refractivity contribution in [1.29, 1.82) is 0 Å². The second-order valence-corrected chi connectivity index (χ2v) is 9.95. The molecule has 1 saturated heterocycles. The average molecular weight is 446 g/mol. The number of aliphatic imine (C=N–C) groups is 1. The van der Waals surface area contributed by atoms with E-state index in [2.05, 4.69) is 45.1 Å². The van der Waals surface area contributed by atoms with Crippen LogP contribution >= 0.6 is 0 Å². The monoisotopic (exact) mass is 445 g/mol. The van der Waals surface area contributed by atoms with Crippen LogP contribution in [0, 0.1) is 5.41 Å². The first kappa shape index (κ1) is 21.7. The van der Waals surface area contributed by atoms with Crippen LogP contribution in [0.2, 0.25) is 0 Å². The van der Waals surface area contributed by atoms with Gasteiger partial charge in [0.1, 0.15) is 5.71 Å². The highest BCUT2D eigenvalue weighted by atomic mass is 16.1. The van der Waals surface area contributed by atoms with Crippen LogP contribution in [0.15, 0.2) is 41.0 Å². The van der Waals surface area contributed by atoms with Gasteiger partial charge in [-0.05, 0) is 66.6 Å². The Hall–Kier alpha value is -3.10. The molecule has 3 heterocycles. The van der Waals surface area contributed by atoms with Gasteiger partial charge in [-0.15, -0.1) is 0 Å². The van der Waals surface area contributed by atoms with E-state index in [1.165, 1.54) is 5.56 Å². The van der Waals surface area contributed by atoms with Crippen LogP contribution in [-0.2, 0) is 17.8 Å². The number of benzene rings is 1. The fourth-order valence-electron chi connectivity index (χ4n) is 5.25. The maximum absolute atomic E-state index is 13.3. The largest absolute Gasteiger partial charge is 0.368 e. The molecule has 2 aliphatic heterocycles. The van der Waals surface area contributed by atoms with E-state index in [4.69, 9.17) is 11.5 Å². The molecule has 5 N–H and O–H groups in total. The van der Waals surface area contributed by atoms with Crippen molar-refractivity contribution in [3.63, 3.8) is 0 Å². The minimum Gasteiger partial charge on any atom is -0.368 e. The van der Waals surface area contributed by atoms with Gasteiger partial charge in [0.2, 0.25) is 5.95 Å². The molecule has 1 fully saturated rings. The maximum Gasteiger partial charge on any atom is 0.274 e. The lowest BCUT2D eigenvalue weighted by molar-refractivity contribution is -0.110. The molecule has 1 aromatic heterocycles. The zero-order valence-corrected chi connectivity index (χ0v) is 19.3. The number of likely N-dealkylation sites (tertiary alicyclic amines) is 1. The molecule has 33 heavy (non-hydrogen) atoms. The number of hydrogen-bond acceptors (Lipinski definition) is 7. The number of amides is 1. The zero-order valence-electron chi connectivity index (χ0n) is 19.3. The van der Waals surface area contributed by atoms with Gasteiger partial charge < -0.3 is 16.8 Å². The Morgan fingerprint density at radius 2 is 2.06 bits per heavy atom. The Kier molecular flexibility index (Phi) is 5.50. The topological polar surface area (TPSA) is 123 Å². The van der Waals surface area contributed by atoms with E-state index in [-0.39, 0.29) is 17.3 Å². The normalized spacial score (nSPS) is 20.3. The van der Waals surface area contributed by atoms with Crippen molar-refractivity contribution in [2.45, 2.75) is 45.7 Å². The lowest BCUT2D eigenvalue weighted by atomic mass is 9.70. The number of carbonyl (C=O) groups excluding carboxylic acids is 1. The van der Waals surface area contributed by atoms with Crippen molar-refractivity contribution in [2.24, 2.45) is 16.1 Å². The Balaban J connectivity index is 1.35. The summed E-state index contributed by atoms with van der Waals surface area (Å²) in [5.74, 6) is 0.0605. The fourth-order valence-corrected chi connectivity index (χ4v) is 5.25. The van der Waals surface area contributed by atoms with E-state index < -0.39 is 0 Å². The number of rotatable bonds is 4. The molecule has 0 spiro atoms. The molecular weight excluding hydrogens is 414 g/mol. The first-order valence-electron chi connectivity index (χ1n) is 11.6. The summed E-state index contributed by atoms with van der Waals surface area (Å²) in [6, 6.07) is 8.38. The molecule has 8 nitrogen and oxygen atoms in total. The van der Waals surface area contributed by atoms with Crippen molar-refractivity contribution in [3.05, 3.63) is 52.9 Å². The van der Waals surface area contributed by atoms with Gasteiger partial charge in [-0.3, -0.25) is 14.7 Å². The summed E-state index contributed by atoms with van der Waals surface area (Å²) >= 11 is 0. The van der Waals surface area contributed by atoms with Crippen LogP contribution < -0.4 is 16.8 Å². The number of anilines is 2. The van der Waals surface area contributed by atoms with E-state index in [0.29, 0.717) is 18.3 Å². The minimum absolute atomic E-state index is 0.181. The molecule has 8 heteroatoms. The zero-order chi connectivity index (χ0) is 23.2. The molecular formula is C25H31N7O. The standard InChI is InChI=1S/C25H31N7O/c1-25(2)11-16-12-29-24(27)31-21(16)19-13-28-22(20(19)25)23(33)30-18-5-3-4-15(10-18)14-32-8-6-17(26)7-9-32/h3-5,10,12,17H,6-9,11,13-14,26H2,1-2H3,(H,30,33)(H2,27,29,31). The molecule has 2 aromatic rings. The molecule has 0 bridgehead atoms. The molecule has 0 radical (unpaired) electrons. The first-order valence-corrected chi connectivity index (χ1v) is 11.6. The number of aromatic nitrogens is 2. The van der Waals surface area contributed by atoms with Gasteiger partial charge in [-0.25, -0.2) is 9.97 Å². The third kappa shape index (κ3) is 4.28. The van der Waals surface area contributed by atoms with E-state index >= 15 is 0 Å². The van der Waals surface area contributed by atoms with E-state index in [0.717, 1.165) is 67.0 Å². The maximum atomic E-state index is 13.3. The Labute approximate surface area is 194 Å². The molecule has 5 rings (SSSR count). The van der Waals surface area contributed by atoms with Crippen molar-refractivity contribution in [2.75, 3.05) is 30.7 Å². The molecule has 1 aromatic carbocycles. The van der Waals surface area contributed by atoms with Gasteiger partial charge in [0.15, 0.2) is 0 Å². The highest BCUT2D eigenvalue weighted by molar-refractivity contribution is 6.51. The average Bonchev–Trinajstić information content (AvgIpc) is 3.23. The van der Waals surface area contributed by atoms with Gasteiger partial charge >= 0.3 is 0 Å². The predicted octanol–water partition coefficient (Wildman–Crippen LogP) is 2.41. The van der Waals surface area contributed by atoms with Crippen LogP contribution in [-0.4, -0.2) is 52.2 Å². The van der Waals surface area contributed by atoms with Crippen molar-refractivity contribution < 1.29 is 4.79 Å². The number of fused-ring (bicyclic) bond motifs is 2. The summed E-state index contributed by atoms with van der Waals surface area (Å²) in [5.41, 5.74) is 17.9. The highest BCUT2D eigenvalue weighted by Gasteiger charge is 2.41. The van der Waals surface area contributed by atoms with Gasteiger partial charge in [0, 0.05) is 30.0 Å². The number of piperidine rings is 1. The third-order valence-corrected chi connectivity index (χ3v) is 6.85. The van der Waals surface area contributed by atoms with E-state index in [1.54, 1.807) is 6.20 Å². The quantitative estimate of drug-likeness (QED) is 0.664. The molecule has 1 aliphatic carbocycles. The van der Waals surface area contributed by atoms with Gasteiger partial charge in [0.05, 0.1) is 12.2 Å². The third-order valence-electron chi connectivity index (χ3n) is 6.85. The van der Waals surface area contributed by atoms with Crippen LogP contribution in [0.3, 0.4) is 0 Å². The Morgan fingerprint density at radius 3 is 2.85 bits per heavy atom. The number of nitrogen functional groups attached to an aromatic ring is 1. The highest BCUT2D eigenvalue weighted by Crippen LogP contribution is 2.45. The number of hydrogen-bond donors (Lipinski definition) is 3. The van der Waals surface area contributed by atoms with Crippen LogP contribution in [0.5, 0.6) is 0 Å². The number of nitrogens with one attached hydrogen (secondary N) is 1. The summed E-state index contributed by atoms with van der Waals surface area (Å²) in [4.78, 5) is 29.0. The smallest absolute Gasteiger partial charge is 0.274 e. The van der Waals surface area contributed by atoms with Crippen LogP contribution in [0.4, 0.5) is 11.6 Å². The lowest BCUT2D eigenvalue weighted by Gasteiger charge is -2.33. The van der Waals surface area contributed by atoms with E-state index in [9.17, 15) is 4.79 Å². The number of nitrogens with zero attached hydrogens (tertiary/aromatic N) is 4.